The third-order valence-corrected chi connectivity index (χ3v) is 8.14. The van der Waals surface area contributed by atoms with E-state index < -0.39 is 15.8 Å². The van der Waals surface area contributed by atoms with E-state index in [0.717, 1.165) is 0 Å². The van der Waals surface area contributed by atoms with E-state index in [9.17, 15) is 27.2 Å². The number of rotatable bonds is 4. The molecule has 0 aliphatic carbocycles. The quantitative estimate of drug-likeness (QED) is 0.727. The number of anilines is 1. The Bertz CT molecular complexity index is 973. The van der Waals surface area contributed by atoms with Gasteiger partial charge in [-0.2, -0.15) is 0 Å². The number of likely N-dealkylation sites (tertiary alicyclic amines) is 1. The van der Waals surface area contributed by atoms with Crippen LogP contribution in [0.15, 0.2) is 24.3 Å². The molecular formula is C21H26FN3O5S. The number of piperidine rings is 1. The minimum absolute atomic E-state index is 0.00364. The Balaban J connectivity index is 1.28. The number of nitrogens with zero attached hydrogens (tertiary/aromatic N) is 2. The summed E-state index contributed by atoms with van der Waals surface area (Å²) < 4.78 is 36.2. The first kappa shape index (κ1) is 21.7. The van der Waals surface area contributed by atoms with Crippen molar-refractivity contribution in [2.24, 2.45) is 11.8 Å². The zero-order chi connectivity index (χ0) is 22.2. The van der Waals surface area contributed by atoms with Gasteiger partial charge in [-0.15, -0.1) is 0 Å². The van der Waals surface area contributed by atoms with Crippen LogP contribution in [0.3, 0.4) is 0 Å². The summed E-state index contributed by atoms with van der Waals surface area (Å²) in [5.41, 5.74) is 0.575. The summed E-state index contributed by atoms with van der Waals surface area (Å²) in [5, 5.41) is 2.84. The van der Waals surface area contributed by atoms with E-state index in [1.807, 2.05) is 0 Å². The van der Waals surface area contributed by atoms with Gasteiger partial charge in [0.1, 0.15) is 5.82 Å². The second kappa shape index (κ2) is 8.57. The maximum Gasteiger partial charge on any atom is 0.228 e. The monoisotopic (exact) mass is 451 g/mol. The fourth-order valence-electron chi connectivity index (χ4n) is 4.59. The molecule has 1 aromatic carbocycles. The molecule has 3 aliphatic heterocycles. The molecule has 0 radical (unpaired) electrons. The second-order valence-corrected chi connectivity index (χ2v) is 10.8. The average molecular weight is 452 g/mol. The van der Waals surface area contributed by atoms with Crippen molar-refractivity contribution < 1.29 is 27.2 Å². The van der Waals surface area contributed by atoms with Gasteiger partial charge in [0.05, 0.1) is 17.4 Å². The molecule has 3 aliphatic rings. The van der Waals surface area contributed by atoms with Crippen molar-refractivity contribution in [2.45, 2.75) is 31.7 Å². The first-order valence-corrected chi connectivity index (χ1v) is 12.4. The smallest absolute Gasteiger partial charge is 0.228 e. The van der Waals surface area contributed by atoms with E-state index in [-0.39, 0.29) is 60.0 Å². The summed E-state index contributed by atoms with van der Waals surface area (Å²) in [6, 6.07) is 5.31. The molecule has 3 fully saturated rings. The van der Waals surface area contributed by atoms with E-state index >= 15 is 0 Å². The van der Waals surface area contributed by atoms with E-state index in [1.54, 1.807) is 4.90 Å². The molecule has 1 N–H and O–H groups in total. The number of carbonyl (C=O) groups excluding carboxylic acids is 3. The third-order valence-electron chi connectivity index (χ3n) is 6.37. The van der Waals surface area contributed by atoms with Crippen molar-refractivity contribution in [3.63, 3.8) is 0 Å². The van der Waals surface area contributed by atoms with Crippen LogP contribution in [0.1, 0.15) is 25.7 Å². The Kier molecular flexibility index (Phi) is 6.00. The van der Waals surface area contributed by atoms with Crippen molar-refractivity contribution in [3.8, 4) is 0 Å². The molecule has 0 bridgehead atoms. The number of halogens is 1. The highest BCUT2D eigenvalue weighted by atomic mass is 32.2. The van der Waals surface area contributed by atoms with Crippen LogP contribution in [0.25, 0.3) is 0 Å². The van der Waals surface area contributed by atoms with Crippen LogP contribution in [0.4, 0.5) is 10.1 Å². The van der Waals surface area contributed by atoms with Crippen LogP contribution < -0.4 is 10.2 Å². The highest BCUT2D eigenvalue weighted by molar-refractivity contribution is 7.91. The molecule has 3 saturated heterocycles. The maximum absolute atomic E-state index is 13.1. The molecule has 2 atom stereocenters. The molecule has 0 spiro atoms. The van der Waals surface area contributed by atoms with Crippen molar-refractivity contribution in [1.29, 1.82) is 0 Å². The number of nitrogens with one attached hydrogen (secondary N) is 1. The van der Waals surface area contributed by atoms with Gasteiger partial charge in [-0.1, -0.05) is 0 Å². The zero-order valence-electron chi connectivity index (χ0n) is 17.1. The fraction of sp³-hybridized carbons (Fsp3) is 0.571. The number of hydrogen-bond donors (Lipinski definition) is 1. The highest BCUT2D eigenvalue weighted by Gasteiger charge is 2.39. The molecule has 0 unspecified atom stereocenters. The molecule has 0 aromatic heterocycles. The van der Waals surface area contributed by atoms with Crippen molar-refractivity contribution >= 4 is 33.2 Å². The first-order valence-electron chi connectivity index (χ1n) is 10.6. The minimum Gasteiger partial charge on any atom is -0.352 e. The number of benzene rings is 1. The molecule has 8 nitrogen and oxygen atoms in total. The van der Waals surface area contributed by atoms with E-state index in [1.165, 1.54) is 29.2 Å². The summed E-state index contributed by atoms with van der Waals surface area (Å²) in [5.74, 6) is -1.38. The van der Waals surface area contributed by atoms with E-state index in [4.69, 9.17) is 0 Å². The predicted octanol–water partition coefficient (Wildman–Crippen LogP) is 0.720. The molecule has 31 heavy (non-hydrogen) atoms. The average Bonchev–Trinajstić information content (AvgIpc) is 3.29. The van der Waals surface area contributed by atoms with E-state index in [2.05, 4.69) is 5.32 Å². The summed E-state index contributed by atoms with van der Waals surface area (Å²) in [4.78, 5) is 41.0. The van der Waals surface area contributed by atoms with Gasteiger partial charge in [0, 0.05) is 43.7 Å². The minimum atomic E-state index is -3.05. The molecule has 3 heterocycles. The van der Waals surface area contributed by atoms with Crippen LogP contribution in [0.5, 0.6) is 0 Å². The number of hydrogen-bond acceptors (Lipinski definition) is 5. The summed E-state index contributed by atoms with van der Waals surface area (Å²) in [6.45, 7) is 1.13. The lowest BCUT2D eigenvalue weighted by Crippen LogP contribution is -2.47. The Morgan fingerprint density at radius 3 is 2.32 bits per heavy atom. The summed E-state index contributed by atoms with van der Waals surface area (Å²) >= 11 is 0. The van der Waals surface area contributed by atoms with Gasteiger partial charge >= 0.3 is 0 Å². The Labute approximate surface area is 180 Å². The topological polar surface area (TPSA) is 104 Å². The van der Waals surface area contributed by atoms with Gasteiger partial charge < -0.3 is 15.1 Å². The van der Waals surface area contributed by atoms with E-state index in [0.29, 0.717) is 38.0 Å². The van der Waals surface area contributed by atoms with Crippen LogP contribution in [0.2, 0.25) is 0 Å². The highest BCUT2D eigenvalue weighted by Crippen LogP contribution is 2.28. The van der Waals surface area contributed by atoms with Crippen LogP contribution in [-0.4, -0.2) is 68.2 Å². The lowest BCUT2D eigenvalue weighted by atomic mass is 9.94. The molecule has 1 aromatic rings. The maximum atomic E-state index is 13.1. The number of carbonyl (C=O) groups is 3. The normalized spacial score (nSPS) is 26.3. The Morgan fingerprint density at radius 1 is 1.03 bits per heavy atom. The molecular weight excluding hydrogens is 425 g/mol. The second-order valence-electron chi connectivity index (χ2n) is 8.59. The zero-order valence-corrected chi connectivity index (χ0v) is 17.9. The number of sulfone groups is 1. The van der Waals surface area contributed by atoms with Crippen LogP contribution >= 0.6 is 0 Å². The Hall–Kier alpha value is -2.49. The van der Waals surface area contributed by atoms with Crippen LogP contribution in [-0.2, 0) is 24.2 Å². The molecule has 10 heteroatoms. The number of amides is 3. The first-order chi connectivity index (χ1) is 14.7. The van der Waals surface area contributed by atoms with Gasteiger partial charge in [0.25, 0.3) is 0 Å². The molecule has 4 rings (SSSR count). The molecule has 168 valence electrons. The lowest BCUT2D eigenvalue weighted by Gasteiger charge is -2.33. The van der Waals surface area contributed by atoms with Gasteiger partial charge in [-0.05, 0) is 43.5 Å². The van der Waals surface area contributed by atoms with Crippen LogP contribution in [0, 0.1) is 17.7 Å². The Morgan fingerprint density at radius 2 is 1.71 bits per heavy atom. The van der Waals surface area contributed by atoms with Gasteiger partial charge in [0.2, 0.25) is 17.7 Å². The SMILES string of the molecule is O=C(N[C@H]1CCS(=O)(=O)C1)C1CCN(C(=O)[C@@H]2CC(=O)N(c3ccc(F)cc3)C2)CC1. The van der Waals surface area contributed by atoms with Gasteiger partial charge in [0.15, 0.2) is 9.84 Å². The lowest BCUT2D eigenvalue weighted by molar-refractivity contribution is -0.139. The van der Waals surface area contributed by atoms with Crippen molar-refractivity contribution in [2.75, 3.05) is 36.0 Å². The predicted molar refractivity (Wildman–Crippen MR) is 111 cm³/mol. The van der Waals surface area contributed by atoms with Gasteiger partial charge in [-0.25, -0.2) is 12.8 Å². The van der Waals surface area contributed by atoms with Crippen molar-refractivity contribution in [3.05, 3.63) is 30.1 Å². The summed E-state index contributed by atoms with van der Waals surface area (Å²) in [6.07, 6.45) is 1.59. The largest absolute Gasteiger partial charge is 0.352 e. The summed E-state index contributed by atoms with van der Waals surface area (Å²) in [7, 11) is -3.05. The van der Waals surface area contributed by atoms with Crippen molar-refractivity contribution in [1.82, 2.24) is 10.2 Å². The molecule has 0 saturated carbocycles. The standard InChI is InChI=1S/C21H26FN3O5S/c22-16-1-3-18(4-2-16)25-12-15(11-19(25)26)21(28)24-8-5-14(6-9-24)20(27)23-17-7-10-31(29,30)13-17/h1-4,14-15,17H,5-13H2,(H,23,27)/t15-,17+/m1/s1. The third kappa shape index (κ3) is 4.89. The van der Waals surface area contributed by atoms with Gasteiger partial charge in [-0.3, -0.25) is 14.4 Å². The fourth-order valence-corrected chi connectivity index (χ4v) is 6.27. The molecule has 3 amide bonds.